The summed E-state index contributed by atoms with van der Waals surface area (Å²) in [6.45, 7) is 2.09. The lowest BCUT2D eigenvalue weighted by molar-refractivity contribution is 0.203. The average Bonchev–Trinajstić information content (AvgIpc) is 3.42. The van der Waals surface area contributed by atoms with Crippen molar-refractivity contribution < 1.29 is 14.0 Å². The molecule has 4 aromatic rings. The summed E-state index contributed by atoms with van der Waals surface area (Å²) in [5, 5.41) is 11.6. The molecule has 0 amide bonds. The smallest absolute Gasteiger partial charge is 0.263 e. The summed E-state index contributed by atoms with van der Waals surface area (Å²) < 4.78 is 12.7. The van der Waals surface area contributed by atoms with Crippen LogP contribution in [0.25, 0.3) is 10.2 Å². The van der Waals surface area contributed by atoms with Crippen molar-refractivity contribution in [2.75, 3.05) is 7.11 Å². The number of benzene rings is 1. The summed E-state index contributed by atoms with van der Waals surface area (Å²) in [5.74, 6) is 1.00. The van der Waals surface area contributed by atoms with Crippen molar-refractivity contribution >= 4 is 27.8 Å². The van der Waals surface area contributed by atoms with Crippen molar-refractivity contribution in [3.8, 4) is 5.75 Å². The molecule has 28 heavy (non-hydrogen) atoms. The van der Waals surface area contributed by atoms with Gasteiger partial charge in [-0.2, -0.15) is 0 Å². The standard InChI is InChI=1S/C19H17N5O3S/c1-3-13-7-14(8-16-17(13)21-11-28-16)27-18(19-24-22-10-26-19)15-6-12(4-5-20-15)9-23-25-2/h4-11,18H,3H2,1-2H3/b23-9+. The van der Waals surface area contributed by atoms with Gasteiger partial charge in [-0.3, -0.25) is 4.98 Å². The Morgan fingerprint density at radius 3 is 3.00 bits per heavy atom. The zero-order chi connectivity index (χ0) is 19.3. The van der Waals surface area contributed by atoms with E-state index in [1.54, 1.807) is 23.7 Å². The van der Waals surface area contributed by atoms with Crippen molar-refractivity contribution in [1.82, 2.24) is 20.2 Å². The maximum atomic E-state index is 6.27. The lowest BCUT2D eigenvalue weighted by Gasteiger charge is -2.16. The van der Waals surface area contributed by atoms with Crippen LogP contribution >= 0.6 is 11.3 Å². The van der Waals surface area contributed by atoms with E-state index >= 15 is 0 Å². The summed E-state index contributed by atoms with van der Waals surface area (Å²) >= 11 is 1.57. The molecule has 0 aliphatic heterocycles. The van der Waals surface area contributed by atoms with Crippen LogP contribution in [-0.2, 0) is 11.3 Å². The van der Waals surface area contributed by atoms with Crippen LogP contribution in [0.3, 0.4) is 0 Å². The quantitative estimate of drug-likeness (QED) is 0.347. The number of pyridine rings is 1. The van der Waals surface area contributed by atoms with E-state index in [9.17, 15) is 0 Å². The monoisotopic (exact) mass is 395 g/mol. The molecular weight excluding hydrogens is 378 g/mol. The molecule has 0 spiro atoms. The molecule has 9 heteroatoms. The zero-order valence-electron chi connectivity index (χ0n) is 15.3. The number of rotatable bonds is 7. The van der Waals surface area contributed by atoms with Gasteiger partial charge in [0.15, 0.2) is 0 Å². The average molecular weight is 395 g/mol. The molecule has 0 saturated carbocycles. The SMILES string of the molecule is CCc1cc(OC(c2cc(/C=N/OC)ccn2)c2nnco2)cc2scnc12. The molecule has 8 nitrogen and oxygen atoms in total. The van der Waals surface area contributed by atoms with E-state index in [2.05, 4.69) is 32.2 Å². The highest BCUT2D eigenvalue weighted by molar-refractivity contribution is 7.16. The largest absolute Gasteiger partial charge is 0.474 e. The minimum Gasteiger partial charge on any atom is -0.474 e. The minimum atomic E-state index is -0.659. The molecule has 4 rings (SSSR count). The number of oxime groups is 1. The minimum absolute atomic E-state index is 0.316. The Labute approximate surface area is 164 Å². The Balaban J connectivity index is 1.73. The van der Waals surface area contributed by atoms with Gasteiger partial charge in [0.2, 0.25) is 12.5 Å². The van der Waals surface area contributed by atoms with Crippen LogP contribution in [0, 0.1) is 0 Å². The maximum absolute atomic E-state index is 6.27. The number of aryl methyl sites for hydroxylation is 1. The maximum Gasteiger partial charge on any atom is 0.263 e. The van der Waals surface area contributed by atoms with Crippen molar-refractivity contribution in [3.63, 3.8) is 0 Å². The van der Waals surface area contributed by atoms with Gasteiger partial charge >= 0.3 is 0 Å². The Kier molecular flexibility index (Phi) is 5.24. The van der Waals surface area contributed by atoms with Gasteiger partial charge in [-0.1, -0.05) is 12.1 Å². The number of aromatic nitrogens is 4. The number of hydrogen-bond donors (Lipinski definition) is 0. The van der Waals surface area contributed by atoms with Crippen LogP contribution in [0.2, 0.25) is 0 Å². The molecule has 0 saturated heterocycles. The summed E-state index contributed by atoms with van der Waals surface area (Å²) in [6.07, 6.45) is 4.72. The molecular formula is C19H17N5O3S. The molecule has 0 radical (unpaired) electrons. The third-order valence-corrected chi connectivity index (χ3v) is 4.88. The van der Waals surface area contributed by atoms with E-state index in [0.717, 1.165) is 27.8 Å². The fourth-order valence-electron chi connectivity index (χ4n) is 2.82. The third-order valence-electron chi connectivity index (χ3n) is 4.11. The van der Waals surface area contributed by atoms with Crippen LogP contribution in [0.5, 0.6) is 5.75 Å². The Morgan fingerprint density at radius 1 is 1.29 bits per heavy atom. The molecule has 1 unspecified atom stereocenters. The van der Waals surface area contributed by atoms with Crippen LogP contribution in [-0.4, -0.2) is 33.5 Å². The second-order valence-electron chi connectivity index (χ2n) is 5.84. The van der Waals surface area contributed by atoms with Crippen molar-refractivity contribution in [2.45, 2.75) is 19.4 Å². The predicted molar refractivity (Wildman–Crippen MR) is 105 cm³/mol. The Morgan fingerprint density at radius 2 is 2.21 bits per heavy atom. The summed E-state index contributed by atoms with van der Waals surface area (Å²) in [5.41, 5.74) is 5.39. The highest BCUT2D eigenvalue weighted by Gasteiger charge is 2.24. The van der Waals surface area contributed by atoms with Crippen molar-refractivity contribution in [2.24, 2.45) is 5.16 Å². The summed E-state index contributed by atoms with van der Waals surface area (Å²) in [6, 6.07) is 7.60. The third kappa shape index (κ3) is 3.70. The van der Waals surface area contributed by atoms with Crippen LogP contribution in [0.1, 0.15) is 35.7 Å². The number of nitrogens with zero attached hydrogens (tertiary/aromatic N) is 5. The fraction of sp³-hybridized carbons (Fsp3) is 0.211. The number of hydrogen-bond acceptors (Lipinski definition) is 9. The van der Waals surface area contributed by atoms with E-state index in [0.29, 0.717) is 17.3 Å². The second-order valence-corrected chi connectivity index (χ2v) is 6.73. The van der Waals surface area contributed by atoms with Crippen molar-refractivity contribution in [3.05, 3.63) is 65.1 Å². The molecule has 0 aliphatic carbocycles. The molecule has 0 fully saturated rings. The van der Waals surface area contributed by atoms with Gasteiger partial charge in [0.05, 0.1) is 27.6 Å². The summed E-state index contributed by atoms with van der Waals surface area (Å²) in [7, 11) is 1.49. The van der Waals surface area contributed by atoms with E-state index < -0.39 is 6.10 Å². The Bertz CT molecular complexity index is 1090. The normalized spacial score (nSPS) is 12.5. The first-order valence-corrected chi connectivity index (χ1v) is 9.47. The first-order valence-electron chi connectivity index (χ1n) is 8.59. The van der Waals surface area contributed by atoms with Gasteiger partial charge in [-0.15, -0.1) is 21.5 Å². The fourth-order valence-corrected chi connectivity index (χ4v) is 3.57. The van der Waals surface area contributed by atoms with Gasteiger partial charge in [0, 0.05) is 6.20 Å². The topological polar surface area (TPSA) is 95.5 Å². The molecule has 3 aromatic heterocycles. The van der Waals surface area contributed by atoms with E-state index in [-0.39, 0.29) is 0 Å². The molecule has 0 aliphatic rings. The molecule has 0 N–H and O–H groups in total. The molecule has 3 heterocycles. The first kappa shape index (κ1) is 18.1. The molecule has 142 valence electrons. The van der Waals surface area contributed by atoms with Gasteiger partial charge in [0.1, 0.15) is 12.9 Å². The lowest BCUT2D eigenvalue weighted by Crippen LogP contribution is -2.12. The highest BCUT2D eigenvalue weighted by atomic mass is 32.1. The number of fused-ring (bicyclic) bond motifs is 1. The molecule has 1 aromatic carbocycles. The predicted octanol–water partition coefficient (Wildman–Crippen LogP) is 3.79. The van der Waals surface area contributed by atoms with E-state index in [1.807, 2.05) is 29.8 Å². The van der Waals surface area contributed by atoms with Gasteiger partial charge in [-0.05, 0) is 41.8 Å². The van der Waals surface area contributed by atoms with Crippen molar-refractivity contribution in [1.29, 1.82) is 0 Å². The first-order chi connectivity index (χ1) is 13.8. The van der Waals surface area contributed by atoms with E-state index in [4.69, 9.17) is 14.0 Å². The van der Waals surface area contributed by atoms with Crippen LogP contribution in [0.15, 0.2) is 51.9 Å². The van der Waals surface area contributed by atoms with Crippen LogP contribution < -0.4 is 4.74 Å². The van der Waals surface area contributed by atoms with Gasteiger partial charge in [0.25, 0.3) is 5.89 Å². The van der Waals surface area contributed by atoms with Gasteiger partial charge < -0.3 is 14.0 Å². The zero-order valence-corrected chi connectivity index (χ0v) is 16.1. The van der Waals surface area contributed by atoms with Gasteiger partial charge in [-0.25, -0.2) is 4.98 Å². The molecule has 0 bridgehead atoms. The highest BCUT2D eigenvalue weighted by Crippen LogP contribution is 2.32. The Hall–Kier alpha value is -3.33. The number of ether oxygens (including phenoxy) is 1. The van der Waals surface area contributed by atoms with Crippen LogP contribution in [0.4, 0.5) is 0 Å². The number of thiazole rings is 1. The summed E-state index contributed by atoms with van der Waals surface area (Å²) in [4.78, 5) is 13.6. The second kappa shape index (κ2) is 8.13. The van der Waals surface area contributed by atoms with E-state index in [1.165, 1.54) is 13.5 Å². The lowest BCUT2D eigenvalue weighted by atomic mass is 10.1. The molecule has 1 atom stereocenters.